The second kappa shape index (κ2) is 8.86. The molecule has 114 valence electrons. The molecule has 4 nitrogen and oxygen atoms in total. The highest BCUT2D eigenvalue weighted by atomic mass is 19.1. The van der Waals surface area contributed by atoms with Crippen molar-refractivity contribution in [3.8, 4) is 0 Å². The third-order valence-corrected chi connectivity index (χ3v) is 2.48. The summed E-state index contributed by atoms with van der Waals surface area (Å²) >= 11 is 0. The average molecular weight is 295 g/mol. The molecular weight excluding hydrogens is 276 g/mol. The summed E-state index contributed by atoms with van der Waals surface area (Å²) in [5.74, 6) is 4.24. The molecular formula is C15H19F2N3O. The van der Waals surface area contributed by atoms with Gasteiger partial charge in [-0.2, -0.15) is 0 Å². The van der Waals surface area contributed by atoms with Crippen LogP contribution in [0.2, 0.25) is 0 Å². The maximum atomic E-state index is 13.9. The van der Waals surface area contributed by atoms with Crippen LogP contribution in [0.25, 0.3) is 0 Å². The zero-order valence-electron chi connectivity index (χ0n) is 12.0. The number of nitrogens with zero attached hydrogens (tertiary/aromatic N) is 1. The fraction of sp³-hybridized carbons (Fsp3) is 0.267. The number of ether oxygens (including phenoxy) is 1. The molecule has 21 heavy (non-hydrogen) atoms. The van der Waals surface area contributed by atoms with E-state index in [0.29, 0.717) is 12.1 Å². The normalized spacial score (nSPS) is 24.7. The predicted molar refractivity (Wildman–Crippen MR) is 80.3 cm³/mol. The molecule has 0 aromatic rings. The van der Waals surface area contributed by atoms with E-state index in [1.165, 1.54) is 24.4 Å². The summed E-state index contributed by atoms with van der Waals surface area (Å²) in [6.07, 6.45) is 9.01. The topological polar surface area (TPSA) is 59.6 Å². The molecule has 0 fully saturated rings. The van der Waals surface area contributed by atoms with Gasteiger partial charge in [0.2, 0.25) is 5.90 Å². The van der Waals surface area contributed by atoms with Gasteiger partial charge in [0.25, 0.3) is 0 Å². The molecule has 0 saturated carbocycles. The van der Waals surface area contributed by atoms with Gasteiger partial charge in [-0.1, -0.05) is 12.2 Å². The maximum absolute atomic E-state index is 13.9. The Labute approximate surface area is 123 Å². The minimum absolute atomic E-state index is 0.147. The van der Waals surface area contributed by atoms with Crippen molar-refractivity contribution in [2.75, 3.05) is 0 Å². The fourth-order valence-electron chi connectivity index (χ4n) is 1.43. The number of allylic oxidation sites excluding steroid dienone is 6. The van der Waals surface area contributed by atoms with Crippen LogP contribution in [0.1, 0.15) is 20.3 Å². The highest BCUT2D eigenvalue weighted by Crippen LogP contribution is 2.18. The van der Waals surface area contributed by atoms with E-state index in [1.54, 1.807) is 26.0 Å². The van der Waals surface area contributed by atoms with Crippen LogP contribution < -0.4 is 11.3 Å². The van der Waals surface area contributed by atoms with E-state index in [0.717, 1.165) is 6.08 Å². The zero-order valence-corrected chi connectivity index (χ0v) is 12.0. The molecule has 1 atom stereocenters. The summed E-state index contributed by atoms with van der Waals surface area (Å²) < 4.78 is 32.7. The van der Waals surface area contributed by atoms with Gasteiger partial charge >= 0.3 is 0 Å². The molecule has 0 spiro atoms. The highest BCUT2D eigenvalue weighted by Gasteiger charge is 2.16. The Morgan fingerprint density at radius 2 is 2.29 bits per heavy atom. The van der Waals surface area contributed by atoms with E-state index in [9.17, 15) is 8.78 Å². The van der Waals surface area contributed by atoms with Crippen LogP contribution in [0, 0.1) is 0 Å². The predicted octanol–water partition coefficient (Wildman–Crippen LogP) is 3.34. The lowest BCUT2D eigenvalue weighted by Crippen LogP contribution is -2.19. The van der Waals surface area contributed by atoms with E-state index >= 15 is 0 Å². The molecule has 0 saturated heterocycles. The number of hydrogen-bond donors (Lipinski definition) is 2. The molecule has 1 aliphatic rings. The third-order valence-electron chi connectivity index (χ3n) is 2.48. The largest absolute Gasteiger partial charge is 0.463 e. The smallest absolute Gasteiger partial charge is 0.213 e. The zero-order chi connectivity index (χ0) is 15.7. The van der Waals surface area contributed by atoms with Gasteiger partial charge < -0.3 is 10.2 Å². The standard InChI is InChI=1S/C15H19F2N3O/c1-3-6-15(19-10-11(2)20-18)21-14-9-12(16)7-4-5-8-13(14)17/h3-4,6-10,14,20H,5,18H2,1-2H3/b6-3+,7-4-,11-10+,12-9?,13-8+,19-15+. The molecule has 3 N–H and O–H groups in total. The van der Waals surface area contributed by atoms with Crippen LogP contribution in [0.5, 0.6) is 0 Å². The van der Waals surface area contributed by atoms with Crippen LogP contribution >= 0.6 is 0 Å². The third kappa shape index (κ3) is 6.18. The number of nitrogens with two attached hydrogens (primary N) is 1. The molecule has 0 bridgehead atoms. The van der Waals surface area contributed by atoms with E-state index in [4.69, 9.17) is 10.6 Å². The molecule has 0 aromatic carbocycles. The van der Waals surface area contributed by atoms with E-state index in [2.05, 4.69) is 10.4 Å². The van der Waals surface area contributed by atoms with Crippen LogP contribution in [0.15, 0.2) is 65.0 Å². The van der Waals surface area contributed by atoms with Crippen LogP contribution in [0.4, 0.5) is 8.78 Å². The van der Waals surface area contributed by atoms with Gasteiger partial charge in [0.05, 0.1) is 6.20 Å². The second-order valence-corrected chi connectivity index (χ2v) is 4.24. The number of hydrazine groups is 1. The number of rotatable bonds is 4. The molecule has 1 unspecified atom stereocenters. The second-order valence-electron chi connectivity index (χ2n) is 4.24. The first-order valence-electron chi connectivity index (χ1n) is 6.46. The molecule has 1 rings (SSSR count). The Hall–Kier alpha value is -2.21. The van der Waals surface area contributed by atoms with Crippen molar-refractivity contribution in [3.05, 3.63) is 60.0 Å². The van der Waals surface area contributed by atoms with Crippen molar-refractivity contribution in [1.82, 2.24) is 5.43 Å². The molecule has 1 aliphatic carbocycles. The lowest BCUT2D eigenvalue weighted by Gasteiger charge is -2.15. The SMILES string of the molecule is C/C=C/C(=N\C=C(/C)NN)OC1C=C(F)/C=C\C/C=C\1F. The minimum Gasteiger partial charge on any atom is -0.463 e. The van der Waals surface area contributed by atoms with Crippen molar-refractivity contribution < 1.29 is 13.5 Å². The van der Waals surface area contributed by atoms with Gasteiger partial charge in [-0.15, -0.1) is 0 Å². The summed E-state index contributed by atoms with van der Waals surface area (Å²) in [5, 5.41) is 0. The fourth-order valence-corrected chi connectivity index (χ4v) is 1.43. The Bertz CT molecular complexity index is 531. The van der Waals surface area contributed by atoms with E-state index in [1.807, 2.05) is 0 Å². The van der Waals surface area contributed by atoms with Crippen LogP contribution in [0.3, 0.4) is 0 Å². The van der Waals surface area contributed by atoms with Crippen molar-refractivity contribution in [2.24, 2.45) is 10.8 Å². The Balaban J connectivity index is 2.98. The lowest BCUT2D eigenvalue weighted by molar-refractivity contribution is 0.238. The number of halogens is 2. The lowest BCUT2D eigenvalue weighted by atomic mass is 10.2. The van der Waals surface area contributed by atoms with Gasteiger partial charge in [0.15, 0.2) is 6.10 Å². The monoisotopic (exact) mass is 295 g/mol. The van der Waals surface area contributed by atoms with Crippen LogP contribution in [-0.2, 0) is 4.74 Å². The van der Waals surface area contributed by atoms with Crippen molar-refractivity contribution in [3.63, 3.8) is 0 Å². The van der Waals surface area contributed by atoms with E-state index < -0.39 is 17.8 Å². The average Bonchev–Trinajstić information content (AvgIpc) is 2.46. The number of aliphatic imine (C=N–C) groups is 1. The first-order valence-corrected chi connectivity index (χ1v) is 6.46. The van der Waals surface area contributed by atoms with Gasteiger partial charge in [0, 0.05) is 5.70 Å². The van der Waals surface area contributed by atoms with Gasteiger partial charge in [-0.25, -0.2) is 13.8 Å². The van der Waals surface area contributed by atoms with Crippen molar-refractivity contribution in [2.45, 2.75) is 26.4 Å². The molecule has 6 heteroatoms. The Morgan fingerprint density at radius 3 is 2.95 bits per heavy atom. The van der Waals surface area contributed by atoms with E-state index in [-0.39, 0.29) is 5.90 Å². The molecule has 0 amide bonds. The molecule has 0 heterocycles. The summed E-state index contributed by atoms with van der Waals surface area (Å²) in [6.45, 7) is 3.47. The first kappa shape index (κ1) is 16.8. The number of hydrogen-bond acceptors (Lipinski definition) is 4. The minimum atomic E-state index is -1.15. The Kier molecular flexibility index (Phi) is 7.11. The molecule has 0 aliphatic heterocycles. The summed E-state index contributed by atoms with van der Waals surface area (Å²) in [7, 11) is 0. The summed E-state index contributed by atoms with van der Waals surface area (Å²) in [6, 6.07) is 0. The maximum Gasteiger partial charge on any atom is 0.213 e. The first-order chi connectivity index (χ1) is 10.1. The van der Waals surface area contributed by atoms with Gasteiger partial charge in [0.1, 0.15) is 11.7 Å². The highest BCUT2D eigenvalue weighted by molar-refractivity contribution is 5.88. The van der Waals surface area contributed by atoms with Crippen LogP contribution in [-0.4, -0.2) is 12.0 Å². The Morgan fingerprint density at radius 1 is 1.52 bits per heavy atom. The number of nitrogens with one attached hydrogen (secondary N) is 1. The molecule has 0 aromatic heterocycles. The quantitative estimate of drug-likeness (QED) is 0.362. The molecule has 0 radical (unpaired) electrons. The summed E-state index contributed by atoms with van der Waals surface area (Å²) in [5.41, 5.74) is 3.00. The van der Waals surface area contributed by atoms with Gasteiger partial charge in [-0.3, -0.25) is 5.84 Å². The van der Waals surface area contributed by atoms with Gasteiger partial charge in [-0.05, 0) is 44.6 Å². The summed E-state index contributed by atoms with van der Waals surface area (Å²) in [4.78, 5) is 4.03. The van der Waals surface area contributed by atoms with Crippen molar-refractivity contribution in [1.29, 1.82) is 0 Å². The van der Waals surface area contributed by atoms with Crippen molar-refractivity contribution >= 4 is 5.90 Å².